The number of hydrogen-bond acceptors (Lipinski definition) is 1. The van der Waals surface area contributed by atoms with Gasteiger partial charge in [0.25, 0.3) is 0 Å². The number of hydrogen-bond donors (Lipinski definition) is 0. The highest BCUT2D eigenvalue weighted by atomic mass is 32.2. The minimum absolute atomic E-state index is 1.31. The van der Waals surface area contributed by atoms with E-state index >= 15 is 0 Å². The van der Waals surface area contributed by atoms with Crippen LogP contribution >= 0.6 is 11.8 Å². The standard InChI is InChI=1S/C10H12S/c1-3-6-9-7-4-5-8-10(9)11-2/h3-8H,1-2H3/b6-3-. The molecular weight excluding hydrogens is 152 g/mol. The topological polar surface area (TPSA) is 0 Å². The van der Waals surface area contributed by atoms with Crippen molar-refractivity contribution in [3.8, 4) is 0 Å². The molecule has 0 fully saturated rings. The summed E-state index contributed by atoms with van der Waals surface area (Å²) >= 11 is 1.78. The van der Waals surface area contributed by atoms with Gasteiger partial charge in [0.1, 0.15) is 0 Å². The summed E-state index contributed by atoms with van der Waals surface area (Å²) in [5.74, 6) is 0. The van der Waals surface area contributed by atoms with Crippen LogP contribution in [0.1, 0.15) is 12.5 Å². The molecule has 0 radical (unpaired) electrons. The van der Waals surface area contributed by atoms with Crippen molar-refractivity contribution in [2.24, 2.45) is 0 Å². The third kappa shape index (κ3) is 2.12. The number of thioether (sulfide) groups is 1. The van der Waals surface area contributed by atoms with Crippen LogP contribution in [-0.2, 0) is 0 Å². The van der Waals surface area contributed by atoms with Crippen molar-refractivity contribution in [3.63, 3.8) is 0 Å². The van der Waals surface area contributed by atoms with Crippen LogP contribution in [0.5, 0.6) is 0 Å². The molecule has 1 rings (SSSR count). The van der Waals surface area contributed by atoms with E-state index in [4.69, 9.17) is 0 Å². The van der Waals surface area contributed by atoms with Crippen LogP contribution in [0.2, 0.25) is 0 Å². The molecule has 0 aromatic heterocycles. The fraction of sp³-hybridized carbons (Fsp3) is 0.200. The molecule has 0 heterocycles. The molecule has 0 saturated carbocycles. The van der Waals surface area contributed by atoms with Gasteiger partial charge in [-0.2, -0.15) is 0 Å². The van der Waals surface area contributed by atoms with E-state index in [1.807, 2.05) is 6.92 Å². The zero-order chi connectivity index (χ0) is 8.10. The van der Waals surface area contributed by atoms with Gasteiger partial charge in [0.2, 0.25) is 0 Å². The molecular formula is C10H12S. The van der Waals surface area contributed by atoms with Crippen LogP contribution in [-0.4, -0.2) is 6.26 Å². The Morgan fingerprint density at radius 2 is 2.00 bits per heavy atom. The van der Waals surface area contributed by atoms with E-state index < -0.39 is 0 Å². The summed E-state index contributed by atoms with van der Waals surface area (Å²) in [6.45, 7) is 2.04. The Kier molecular flexibility index (Phi) is 3.24. The number of rotatable bonds is 2. The van der Waals surface area contributed by atoms with Crippen LogP contribution in [0, 0.1) is 0 Å². The van der Waals surface area contributed by atoms with Gasteiger partial charge in [0.15, 0.2) is 0 Å². The van der Waals surface area contributed by atoms with E-state index in [0.717, 1.165) is 0 Å². The largest absolute Gasteiger partial charge is 0.129 e. The van der Waals surface area contributed by atoms with Gasteiger partial charge in [-0.15, -0.1) is 11.8 Å². The highest BCUT2D eigenvalue weighted by Crippen LogP contribution is 2.20. The normalized spacial score (nSPS) is 10.7. The van der Waals surface area contributed by atoms with Crippen LogP contribution in [0.3, 0.4) is 0 Å². The minimum atomic E-state index is 1.31. The van der Waals surface area contributed by atoms with Crippen molar-refractivity contribution >= 4 is 17.8 Å². The predicted octanol–water partition coefficient (Wildman–Crippen LogP) is 3.44. The summed E-state index contributed by atoms with van der Waals surface area (Å²) in [7, 11) is 0. The summed E-state index contributed by atoms with van der Waals surface area (Å²) in [4.78, 5) is 1.34. The molecule has 0 N–H and O–H groups in total. The second kappa shape index (κ2) is 4.24. The summed E-state index contributed by atoms with van der Waals surface area (Å²) < 4.78 is 0. The average Bonchev–Trinajstić information content (AvgIpc) is 2.06. The fourth-order valence-electron chi connectivity index (χ4n) is 0.984. The van der Waals surface area contributed by atoms with E-state index in [1.165, 1.54) is 10.5 Å². The minimum Gasteiger partial charge on any atom is -0.129 e. The molecule has 1 aromatic carbocycles. The van der Waals surface area contributed by atoms with Gasteiger partial charge in [-0.1, -0.05) is 30.4 Å². The van der Waals surface area contributed by atoms with Crippen molar-refractivity contribution in [3.05, 3.63) is 35.9 Å². The smallest absolute Gasteiger partial charge is 0.0141 e. The molecule has 0 atom stereocenters. The summed E-state index contributed by atoms with van der Waals surface area (Å²) in [6, 6.07) is 8.40. The highest BCUT2D eigenvalue weighted by molar-refractivity contribution is 7.98. The van der Waals surface area contributed by atoms with E-state index in [1.54, 1.807) is 11.8 Å². The average molecular weight is 164 g/mol. The lowest BCUT2D eigenvalue weighted by molar-refractivity contribution is 1.42. The maximum atomic E-state index is 2.14. The molecule has 1 aromatic rings. The van der Waals surface area contributed by atoms with Gasteiger partial charge in [-0.3, -0.25) is 0 Å². The van der Waals surface area contributed by atoms with E-state index in [9.17, 15) is 0 Å². The first-order chi connectivity index (χ1) is 5.38. The molecule has 0 aliphatic heterocycles. The summed E-state index contributed by atoms with van der Waals surface area (Å²) in [5, 5.41) is 0. The van der Waals surface area contributed by atoms with Crippen LogP contribution < -0.4 is 0 Å². The molecule has 0 aliphatic carbocycles. The van der Waals surface area contributed by atoms with Gasteiger partial charge in [-0.05, 0) is 24.8 Å². The predicted molar refractivity (Wildman–Crippen MR) is 52.9 cm³/mol. The van der Waals surface area contributed by atoms with Gasteiger partial charge in [0.05, 0.1) is 0 Å². The third-order valence-electron chi connectivity index (χ3n) is 1.49. The first-order valence-electron chi connectivity index (χ1n) is 3.64. The van der Waals surface area contributed by atoms with Crippen molar-refractivity contribution in [2.75, 3.05) is 6.26 Å². The van der Waals surface area contributed by atoms with E-state index in [-0.39, 0.29) is 0 Å². The lowest BCUT2D eigenvalue weighted by atomic mass is 10.2. The molecule has 0 saturated heterocycles. The molecule has 0 nitrogen and oxygen atoms in total. The molecule has 0 bridgehead atoms. The van der Waals surface area contributed by atoms with Crippen molar-refractivity contribution < 1.29 is 0 Å². The third-order valence-corrected chi connectivity index (χ3v) is 2.30. The van der Waals surface area contributed by atoms with Crippen molar-refractivity contribution in [2.45, 2.75) is 11.8 Å². The zero-order valence-electron chi connectivity index (χ0n) is 6.87. The molecule has 0 spiro atoms. The maximum absolute atomic E-state index is 2.14. The molecule has 11 heavy (non-hydrogen) atoms. The number of allylic oxidation sites excluding steroid dienone is 1. The Labute approximate surface area is 72.3 Å². The second-order valence-corrected chi connectivity index (χ2v) is 3.09. The van der Waals surface area contributed by atoms with Crippen LogP contribution in [0.15, 0.2) is 35.2 Å². The fourth-order valence-corrected chi connectivity index (χ4v) is 1.57. The highest BCUT2D eigenvalue weighted by Gasteiger charge is 1.93. The van der Waals surface area contributed by atoms with Gasteiger partial charge in [-0.25, -0.2) is 0 Å². The van der Waals surface area contributed by atoms with Gasteiger partial charge < -0.3 is 0 Å². The Hall–Kier alpha value is -0.690. The first-order valence-corrected chi connectivity index (χ1v) is 4.86. The Bertz CT molecular complexity index is 251. The Morgan fingerprint density at radius 1 is 1.27 bits per heavy atom. The summed E-state index contributed by atoms with van der Waals surface area (Å²) in [6.07, 6.45) is 6.29. The first kappa shape index (κ1) is 8.41. The molecule has 0 amide bonds. The Morgan fingerprint density at radius 3 is 2.64 bits per heavy atom. The molecule has 1 heteroatoms. The van der Waals surface area contributed by atoms with Crippen LogP contribution in [0.25, 0.3) is 6.08 Å². The van der Waals surface area contributed by atoms with Gasteiger partial charge >= 0.3 is 0 Å². The lowest BCUT2D eigenvalue weighted by Crippen LogP contribution is -1.75. The van der Waals surface area contributed by atoms with E-state index in [2.05, 4.69) is 42.7 Å². The maximum Gasteiger partial charge on any atom is 0.0141 e. The zero-order valence-corrected chi connectivity index (χ0v) is 7.69. The quantitative estimate of drug-likeness (QED) is 0.603. The van der Waals surface area contributed by atoms with Gasteiger partial charge in [0, 0.05) is 4.90 Å². The van der Waals surface area contributed by atoms with Crippen molar-refractivity contribution in [1.82, 2.24) is 0 Å². The molecule has 0 unspecified atom stereocenters. The molecule has 0 aliphatic rings. The van der Waals surface area contributed by atoms with E-state index in [0.29, 0.717) is 0 Å². The SMILES string of the molecule is C/C=C\c1ccccc1SC. The lowest BCUT2D eigenvalue weighted by Gasteiger charge is -1.99. The second-order valence-electron chi connectivity index (χ2n) is 2.24. The van der Waals surface area contributed by atoms with Crippen molar-refractivity contribution in [1.29, 1.82) is 0 Å². The monoisotopic (exact) mass is 164 g/mol. The molecule has 58 valence electrons. The Balaban J connectivity index is 3.02. The van der Waals surface area contributed by atoms with Crippen LogP contribution in [0.4, 0.5) is 0 Å². The summed E-state index contributed by atoms with van der Waals surface area (Å²) in [5.41, 5.74) is 1.31. The number of benzene rings is 1.